The van der Waals surface area contributed by atoms with Gasteiger partial charge in [0.05, 0.1) is 16.4 Å². The summed E-state index contributed by atoms with van der Waals surface area (Å²) in [5.41, 5.74) is 2.51. The summed E-state index contributed by atoms with van der Waals surface area (Å²) in [5.74, 6) is -2.90. The smallest absolute Gasteiger partial charge is 0.326 e. The summed E-state index contributed by atoms with van der Waals surface area (Å²) < 4.78 is 0. The number of carbonyl (C=O) groups is 6. The molecule has 1 saturated heterocycles. The number of fused-ring (bicyclic) bond motifs is 1. The molecule has 0 spiro atoms. The van der Waals surface area contributed by atoms with Crippen molar-refractivity contribution in [3.63, 3.8) is 0 Å². The van der Waals surface area contributed by atoms with Crippen molar-refractivity contribution in [2.75, 3.05) is 13.1 Å². The van der Waals surface area contributed by atoms with Crippen LogP contribution in [0.4, 0.5) is 0 Å². The SMILES string of the molecule is CC(=O)SC(CCCCN1C(=O)c2ccccc2C1=O)C(=O)NC1CC(c2ccccc2)CCN(C(Cc2ccccc2)C(=O)O)C1=O. The van der Waals surface area contributed by atoms with E-state index in [0.29, 0.717) is 30.4 Å². The van der Waals surface area contributed by atoms with Crippen LogP contribution in [0.2, 0.25) is 0 Å². The molecule has 0 aliphatic carbocycles. The molecule has 1 fully saturated rings. The predicted molar refractivity (Wildman–Crippen MR) is 181 cm³/mol. The van der Waals surface area contributed by atoms with Gasteiger partial charge >= 0.3 is 5.97 Å². The average Bonchev–Trinajstić information content (AvgIpc) is 3.21. The fourth-order valence-electron chi connectivity index (χ4n) is 6.49. The first-order valence-electron chi connectivity index (χ1n) is 16.2. The minimum absolute atomic E-state index is 0.116. The quantitative estimate of drug-likeness (QED) is 0.197. The molecule has 0 aromatic heterocycles. The number of unbranched alkanes of at least 4 members (excludes halogenated alkanes) is 1. The number of nitrogens with one attached hydrogen (secondary N) is 1. The minimum Gasteiger partial charge on any atom is -0.480 e. The fraction of sp³-hybridized carbons (Fsp3) is 0.351. The lowest BCUT2D eigenvalue weighted by molar-refractivity contribution is -0.151. The number of hydrogen-bond donors (Lipinski definition) is 2. The zero-order chi connectivity index (χ0) is 34.2. The lowest BCUT2D eigenvalue weighted by Crippen LogP contribution is -2.54. The molecule has 2 N–H and O–H groups in total. The van der Waals surface area contributed by atoms with Crippen molar-refractivity contribution in [2.45, 2.75) is 68.7 Å². The van der Waals surface area contributed by atoms with E-state index in [4.69, 9.17) is 0 Å². The summed E-state index contributed by atoms with van der Waals surface area (Å²) in [6.07, 6.45) is 2.07. The Morgan fingerprint density at radius 3 is 2.08 bits per heavy atom. The Morgan fingerprint density at radius 2 is 1.48 bits per heavy atom. The Hall–Kier alpha value is -4.77. The maximum Gasteiger partial charge on any atom is 0.326 e. The minimum atomic E-state index is -1.13. The van der Waals surface area contributed by atoms with Gasteiger partial charge in [0.25, 0.3) is 11.8 Å². The number of thioether (sulfide) groups is 1. The third-order valence-electron chi connectivity index (χ3n) is 8.92. The van der Waals surface area contributed by atoms with Crippen molar-refractivity contribution in [2.24, 2.45) is 0 Å². The standard InChI is InChI=1S/C37H39N3O7S/c1-24(41)48-32(18-10-11-20-40-34(43)28-16-8-9-17-29(28)35(40)44)33(42)38-30-23-27(26-14-6-3-7-15-26)19-21-39(36(30)45)31(37(46)47)22-25-12-4-2-5-13-25/h2-9,12-17,27,30-32H,10-11,18-23H2,1H3,(H,38,42)(H,46,47). The highest BCUT2D eigenvalue weighted by atomic mass is 32.2. The zero-order valence-corrected chi connectivity index (χ0v) is 27.6. The Kier molecular flexibility index (Phi) is 11.4. The Balaban J connectivity index is 1.29. The molecule has 2 heterocycles. The molecule has 2 aliphatic rings. The number of carbonyl (C=O) groups excluding carboxylic acids is 5. The summed E-state index contributed by atoms with van der Waals surface area (Å²) in [5, 5.41) is 12.1. The highest BCUT2D eigenvalue weighted by Gasteiger charge is 2.40. The van der Waals surface area contributed by atoms with Crippen LogP contribution in [0.3, 0.4) is 0 Å². The Morgan fingerprint density at radius 1 is 0.875 bits per heavy atom. The van der Waals surface area contributed by atoms with Crippen molar-refractivity contribution in [3.05, 3.63) is 107 Å². The number of amides is 4. The number of rotatable bonds is 13. The predicted octanol–water partition coefficient (Wildman–Crippen LogP) is 4.69. The highest BCUT2D eigenvalue weighted by Crippen LogP contribution is 2.31. The van der Waals surface area contributed by atoms with Crippen LogP contribution in [0.15, 0.2) is 84.9 Å². The molecule has 3 aromatic rings. The van der Waals surface area contributed by atoms with Gasteiger partial charge < -0.3 is 15.3 Å². The molecule has 48 heavy (non-hydrogen) atoms. The second-order valence-electron chi connectivity index (χ2n) is 12.2. The largest absolute Gasteiger partial charge is 0.480 e. The molecule has 0 radical (unpaired) electrons. The third kappa shape index (κ3) is 8.20. The maximum atomic E-state index is 14.1. The topological polar surface area (TPSA) is 141 Å². The lowest BCUT2D eigenvalue weighted by Gasteiger charge is -2.31. The van der Waals surface area contributed by atoms with Crippen molar-refractivity contribution in [1.29, 1.82) is 0 Å². The first-order valence-corrected chi connectivity index (χ1v) is 17.1. The van der Waals surface area contributed by atoms with Gasteiger partial charge in [0.1, 0.15) is 12.1 Å². The first-order chi connectivity index (χ1) is 23.1. The van der Waals surface area contributed by atoms with E-state index < -0.39 is 35.1 Å². The summed E-state index contributed by atoms with van der Waals surface area (Å²) >= 11 is 0.870. The maximum absolute atomic E-state index is 14.1. The molecule has 250 valence electrons. The molecule has 4 unspecified atom stereocenters. The van der Waals surface area contributed by atoms with E-state index in [-0.39, 0.29) is 55.2 Å². The fourth-order valence-corrected chi connectivity index (χ4v) is 7.35. The average molecular weight is 670 g/mol. The van der Waals surface area contributed by atoms with Crippen molar-refractivity contribution >= 4 is 46.5 Å². The number of hydrogen-bond acceptors (Lipinski definition) is 7. The van der Waals surface area contributed by atoms with E-state index in [2.05, 4.69) is 5.32 Å². The Bertz CT molecular complexity index is 1630. The first kappa shape index (κ1) is 34.6. The molecular weight excluding hydrogens is 630 g/mol. The molecule has 4 atom stereocenters. The van der Waals surface area contributed by atoms with E-state index in [1.165, 1.54) is 16.7 Å². The number of carboxylic acid groups (broad SMARTS) is 1. The number of benzene rings is 3. The zero-order valence-electron chi connectivity index (χ0n) is 26.7. The summed E-state index contributed by atoms with van der Waals surface area (Å²) in [6.45, 7) is 1.75. The van der Waals surface area contributed by atoms with E-state index in [0.717, 1.165) is 22.9 Å². The normalized spacial score (nSPS) is 19.0. The lowest BCUT2D eigenvalue weighted by atomic mass is 9.90. The number of nitrogens with zero attached hydrogens (tertiary/aromatic N) is 2. The number of carboxylic acids is 1. The van der Waals surface area contributed by atoms with Crippen LogP contribution < -0.4 is 5.32 Å². The van der Waals surface area contributed by atoms with Crippen LogP contribution in [0.1, 0.15) is 76.8 Å². The molecule has 2 aliphatic heterocycles. The second kappa shape index (κ2) is 15.9. The van der Waals surface area contributed by atoms with Crippen LogP contribution in [-0.4, -0.2) is 80.0 Å². The van der Waals surface area contributed by atoms with E-state index >= 15 is 0 Å². The van der Waals surface area contributed by atoms with Gasteiger partial charge in [0.2, 0.25) is 11.8 Å². The van der Waals surface area contributed by atoms with E-state index in [1.807, 2.05) is 60.7 Å². The summed E-state index contributed by atoms with van der Waals surface area (Å²) in [6, 6.07) is 23.3. The van der Waals surface area contributed by atoms with Gasteiger partial charge in [0.15, 0.2) is 5.12 Å². The second-order valence-corrected chi connectivity index (χ2v) is 13.5. The highest BCUT2D eigenvalue weighted by molar-refractivity contribution is 8.14. The number of likely N-dealkylation sites (tertiary alicyclic amines) is 1. The van der Waals surface area contributed by atoms with Crippen LogP contribution in [0.25, 0.3) is 0 Å². The van der Waals surface area contributed by atoms with Crippen molar-refractivity contribution in [1.82, 2.24) is 15.1 Å². The van der Waals surface area contributed by atoms with Crippen LogP contribution in [-0.2, 0) is 25.6 Å². The number of aliphatic carboxylic acids is 1. The Labute approximate surface area is 283 Å². The van der Waals surface area contributed by atoms with E-state index in [9.17, 15) is 33.9 Å². The van der Waals surface area contributed by atoms with Crippen LogP contribution in [0, 0.1) is 0 Å². The molecule has 4 amide bonds. The third-order valence-corrected chi connectivity index (χ3v) is 9.98. The molecule has 10 nitrogen and oxygen atoms in total. The van der Waals surface area contributed by atoms with Crippen LogP contribution >= 0.6 is 11.8 Å². The van der Waals surface area contributed by atoms with Crippen molar-refractivity contribution in [3.8, 4) is 0 Å². The van der Waals surface area contributed by atoms with Crippen molar-refractivity contribution < 1.29 is 33.9 Å². The van der Waals surface area contributed by atoms with Gasteiger partial charge in [-0.25, -0.2) is 4.79 Å². The van der Waals surface area contributed by atoms with Gasteiger partial charge in [-0.2, -0.15) is 0 Å². The van der Waals surface area contributed by atoms with Gasteiger partial charge in [-0.1, -0.05) is 91.0 Å². The summed E-state index contributed by atoms with van der Waals surface area (Å²) in [7, 11) is 0. The van der Waals surface area contributed by atoms with E-state index in [1.54, 1.807) is 24.3 Å². The van der Waals surface area contributed by atoms with Gasteiger partial charge in [-0.05, 0) is 54.9 Å². The molecule has 5 rings (SSSR count). The van der Waals surface area contributed by atoms with Gasteiger partial charge in [-0.3, -0.25) is 28.9 Å². The monoisotopic (exact) mass is 669 g/mol. The molecular formula is C37H39N3O7S. The van der Waals surface area contributed by atoms with Gasteiger partial charge in [0, 0.05) is 26.4 Å². The molecule has 3 aromatic carbocycles. The molecule has 0 bridgehead atoms. The van der Waals surface area contributed by atoms with Gasteiger partial charge in [-0.15, -0.1) is 0 Å². The number of imide groups is 1. The molecule has 11 heteroatoms. The molecule has 0 saturated carbocycles. The van der Waals surface area contributed by atoms with Crippen LogP contribution in [0.5, 0.6) is 0 Å². The summed E-state index contributed by atoms with van der Waals surface area (Å²) in [4.78, 5) is 80.7.